The minimum absolute atomic E-state index is 0.187. The van der Waals surface area contributed by atoms with Crippen LogP contribution in [-0.2, 0) is 4.79 Å². The van der Waals surface area contributed by atoms with Gasteiger partial charge in [0.25, 0.3) is 0 Å². The van der Waals surface area contributed by atoms with Crippen molar-refractivity contribution in [3.05, 3.63) is 47.8 Å². The third kappa shape index (κ3) is 2.46. The fraction of sp³-hybridized carbons (Fsp3) is 0.154. The van der Waals surface area contributed by atoms with Gasteiger partial charge in [-0.3, -0.25) is 0 Å². The lowest BCUT2D eigenvalue weighted by Crippen LogP contribution is -2.24. The van der Waals surface area contributed by atoms with Crippen LogP contribution in [-0.4, -0.2) is 39.0 Å². The Bertz CT molecular complexity index is 632. The highest BCUT2D eigenvalue weighted by Gasteiger charge is 2.26. The maximum atomic E-state index is 11.4. The van der Waals surface area contributed by atoms with Crippen molar-refractivity contribution in [1.29, 1.82) is 0 Å². The SMILES string of the molecule is COc1ccc([C@H](C(=O)O)n2nccc2C(=O)O)cc1. The molecule has 7 heteroatoms. The van der Waals surface area contributed by atoms with Crippen molar-refractivity contribution in [2.75, 3.05) is 7.11 Å². The molecule has 20 heavy (non-hydrogen) atoms. The second-order valence-corrected chi connectivity index (χ2v) is 3.98. The van der Waals surface area contributed by atoms with E-state index in [0.717, 1.165) is 4.68 Å². The molecule has 104 valence electrons. The molecule has 0 unspecified atom stereocenters. The highest BCUT2D eigenvalue weighted by Crippen LogP contribution is 2.22. The van der Waals surface area contributed by atoms with E-state index in [0.29, 0.717) is 11.3 Å². The number of rotatable bonds is 5. The van der Waals surface area contributed by atoms with Crippen LogP contribution in [0.1, 0.15) is 22.1 Å². The molecular formula is C13H12N2O5. The molecule has 0 spiro atoms. The van der Waals surface area contributed by atoms with Crippen molar-refractivity contribution < 1.29 is 24.5 Å². The Morgan fingerprint density at radius 3 is 2.35 bits per heavy atom. The molecule has 1 heterocycles. The van der Waals surface area contributed by atoms with Crippen LogP contribution in [0, 0.1) is 0 Å². The number of ether oxygens (including phenoxy) is 1. The van der Waals surface area contributed by atoms with Gasteiger partial charge in [0.2, 0.25) is 0 Å². The van der Waals surface area contributed by atoms with Gasteiger partial charge < -0.3 is 14.9 Å². The van der Waals surface area contributed by atoms with Crippen LogP contribution >= 0.6 is 0 Å². The number of hydrogen-bond donors (Lipinski definition) is 2. The molecule has 0 aliphatic carbocycles. The number of nitrogens with zero attached hydrogens (tertiary/aromatic N) is 2. The highest BCUT2D eigenvalue weighted by molar-refractivity contribution is 5.87. The zero-order valence-electron chi connectivity index (χ0n) is 10.6. The molecule has 7 nitrogen and oxygen atoms in total. The highest BCUT2D eigenvalue weighted by atomic mass is 16.5. The average Bonchev–Trinajstić information content (AvgIpc) is 2.88. The number of methoxy groups -OCH3 is 1. The van der Waals surface area contributed by atoms with E-state index in [1.165, 1.54) is 19.4 Å². The van der Waals surface area contributed by atoms with Gasteiger partial charge in [-0.05, 0) is 23.8 Å². The summed E-state index contributed by atoms with van der Waals surface area (Å²) in [6.07, 6.45) is 1.25. The van der Waals surface area contributed by atoms with Crippen LogP contribution in [0.3, 0.4) is 0 Å². The van der Waals surface area contributed by atoms with Crippen LogP contribution in [0.2, 0.25) is 0 Å². The first-order valence-corrected chi connectivity index (χ1v) is 5.68. The Hall–Kier alpha value is -2.83. The van der Waals surface area contributed by atoms with Crippen LogP contribution in [0.4, 0.5) is 0 Å². The maximum absolute atomic E-state index is 11.4. The van der Waals surface area contributed by atoms with E-state index in [1.807, 2.05) is 0 Å². The summed E-state index contributed by atoms with van der Waals surface area (Å²) in [5.41, 5.74) is 0.220. The van der Waals surface area contributed by atoms with Gasteiger partial charge in [-0.15, -0.1) is 0 Å². The quantitative estimate of drug-likeness (QED) is 0.852. The van der Waals surface area contributed by atoms with Gasteiger partial charge in [-0.1, -0.05) is 12.1 Å². The molecule has 1 atom stereocenters. The minimum Gasteiger partial charge on any atom is -0.497 e. The summed E-state index contributed by atoms with van der Waals surface area (Å²) in [6.45, 7) is 0. The molecular weight excluding hydrogens is 264 g/mol. The van der Waals surface area contributed by atoms with Crippen LogP contribution in [0.15, 0.2) is 36.5 Å². The topological polar surface area (TPSA) is 102 Å². The lowest BCUT2D eigenvalue weighted by atomic mass is 10.1. The maximum Gasteiger partial charge on any atom is 0.354 e. The molecule has 0 fully saturated rings. The number of aromatic carboxylic acids is 1. The third-order valence-corrected chi connectivity index (χ3v) is 2.80. The lowest BCUT2D eigenvalue weighted by Gasteiger charge is -2.15. The molecule has 0 radical (unpaired) electrons. The second kappa shape index (κ2) is 5.43. The fourth-order valence-electron chi connectivity index (χ4n) is 1.86. The second-order valence-electron chi connectivity index (χ2n) is 3.98. The van der Waals surface area contributed by atoms with Gasteiger partial charge in [0, 0.05) is 6.20 Å². The van der Waals surface area contributed by atoms with E-state index in [4.69, 9.17) is 9.84 Å². The fourth-order valence-corrected chi connectivity index (χ4v) is 1.86. The van der Waals surface area contributed by atoms with E-state index < -0.39 is 18.0 Å². The van der Waals surface area contributed by atoms with E-state index >= 15 is 0 Å². The first kappa shape index (κ1) is 13.6. The Morgan fingerprint density at radius 1 is 1.20 bits per heavy atom. The van der Waals surface area contributed by atoms with E-state index in [-0.39, 0.29) is 5.69 Å². The normalized spacial score (nSPS) is 11.8. The standard InChI is InChI=1S/C13H12N2O5/c1-20-9-4-2-8(3-5-9)11(13(18)19)15-10(12(16)17)6-7-14-15/h2-7,11H,1H3,(H,16,17)(H,18,19)/t11-/m1/s1. The average molecular weight is 276 g/mol. The number of carbonyl (C=O) groups is 2. The van der Waals surface area contributed by atoms with Gasteiger partial charge in [0.1, 0.15) is 11.4 Å². The van der Waals surface area contributed by atoms with Gasteiger partial charge in [0.05, 0.1) is 7.11 Å². The first-order valence-electron chi connectivity index (χ1n) is 5.68. The Balaban J connectivity index is 2.47. The minimum atomic E-state index is -1.23. The number of hydrogen-bond acceptors (Lipinski definition) is 4. The van der Waals surface area contributed by atoms with Gasteiger partial charge in [0.15, 0.2) is 6.04 Å². The first-order chi connectivity index (χ1) is 9.54. The molecule has 0 bridgehead atoms. The van der Waals surface area contributed by atoms with Crippen molar-refractivity contribution in [3.63, 3.8) is 0 Å². The smallest absolute Gasteiger partial charge is 0.354 e. The van der Waals surface area contributed by atoms with Crippen molar-refractivity contribution in [2.45, 2.75) is 6.04 Å². The molecule has 0 aliphatic heterocycles. The molecule has 2 rings (SSSR count). The van der Waals surface area contributed by atoms with Crippen molar-refractivity contribution in [3.8, 4) is 5.75 Å². The summed E-state index contributed by atoms with van der Waals surface area (Å²) in [5.74, 6) is -1.85. The van der Waals surface area contributed by atoms with E-state index in [9.17, 15) is 14.7 Å². The predicted molar refractivity (Wildman–Crippen MR) is 68.0 cm³/mol. The predicted octanol–water partition coefficient (Wildman–Crippen LogP) is 1.26. The number of aromatic nitrogens is 2. The molecule has 0 saturated carbocycles. The third-order valence-electron chi connectivity index (χ3n) is 2.80. The molecule has 2 N–H and O–H groups in total. The van der Waals surface area contributed by atoms with Crippen LogP contribution in [0.25, 0.3) is 0 Å². The lowest BCUT2D eigenvalue weighted by molar-refractivity contribution is -0.139. The van der Waals surface area contributed by atoms with Gasteiger partial charge >= 0.3 is 11.9 Å². The molecule has 0 saturated heterocycles. The van der Waals surface area contributed by atoms with E-state index in [2.05, 4.69) is 5.10 Å². The summed E-state index contributed by atoms with van der Waals surface area (Å²) >= 11 is 0. The summed E-state index contributed by atoms with van der Waals surface area (Å²) in [5, 5.41) is 22.2. The Labute approximate surface area is 114 Å². The molecule has 1 aromatic carbocycles. The largest absolute Gasteiger partial charge is 0.497 e. The van der Waals surface area contributed by atoms with Crippen molar-refractivity contribution >= 4 is 11.9 Å². The summed E-state index contributed by atoms with van der Waals surface area (Å²) in [7, 11) is 1.50. The zero-order valence-corrected chi connectivity index (χ0v) is 10.6. The summed E-state index contributed by atoms with van der Waals surface area (Å²) < 4.78 is 5.96. The Morgan fingerprint density at radius 2 is 1.85 bits per heavy atom. The number of aliphatic carboxylic acids is 1. The summed E-state index contributed by atoms with van der Waals surface area (Å²) in [4.78, 5) is 22.5. The molecule has 2 aromatic rings. The van der Waals surface area contributed by atoms with Crippen molar-refractivity contribution in [2.24, 2.45) is 0 Å². The molecule has 0 amide bonds. The molecule has 1 aromatic heterocycles. The van der Waals surface area contributed by atoms with Crippen molar-refractivity contribution in [1.82, 2.24) is 9.78 Å². The van der Waals surface area contributed by atoms with Crippen LogP contribution < -0.4 is 4.74 Å². The van der Waals surface area contributed by atoms with Gasteiger partial charge in [-0.25, -0.2) is 14.3 Å². The summed E-state index contributed by atoms with van der Waals surface area (Å²) in [6, 6.07) is 6.38. The number of carboxylic acids is 2. The van der Waals surface area contributed by atoms with Crippen LogP contribution in [0.5, 0.6) is 5.75 Å². The number of benzene rings is 1. The monoisotopic (exact) mass is 276 g/mol. The zero-order chi connectivity index (χ0) is 14.7. The Kier molecular flexibility index (Phi) is 3.69. The number of carboxylic acid groups (broad SMARTS) is 2. The van der Waals surface area contributed by atoms with Gasteiger partial charge in [-0.2, -0.15) is 5.10 Å². The van der Waals surface area contributed by atoms with E-state index in [1.54, 1.807) is 24.3 Å². The molecule has 0 aliphatic rings.